The molecule has 0 fully saturated rings. The third kappa shape index (κ3) is 35.0. The molecule has 0 saturated carbocycles. The van der Waals surface area contributed by atoms with Crippen LogP contribution in [0.5, 0.6) is 0 Å². The lowest BCUT2D eigenvalue weighted by molar-refractivity contribution is -0.161. The highest BCUT2D eigenvalue weighted by atomic mass is 31.2. The summed E-state index contributed by atoms with van der Waals surface area (Å²) in [5.41, 5.74) is 0. The van der Waals surface area contributed by atoms with E-state index in [1.165, 1.54) is 70.6 Å². The van der Waals surface area contributed by atoms with Gasteiger partial charge in [-0.3, -0.25) is 14.1 Å². The van der Waals surface area contributed by atoms with E-state index in [0.717, 1.165) is 57.8 Å². The van der Waals surface area contributed by atoms with Gasteiger partial charge in [-0.1, -0.05) is 140 Å². The van der Waals surface area contributed by atoms with E-state index in [1.54, 1.807) is 0 Å². The van der Waals surface area contributed by atoms with Crippen molar-refractivity contribution in [1.29, 1.82) is 0 Å². The molecule has 0 amide bonds. The van der Waals surface area contributed by atoms with E-state index >= 15 is 0 Å². The highest BCUT2D eigenvalue weighted by Crippen LogP contribution is 2.36. The molecule has 9 heteroatoms. The van der Waals surface area contributed by atoms with Gasteiger partial charge in [0.25, 0.3) is 0 Å². The summed E-state index contributed by atoms with van der Waals surface area (Å²) in [6.45, 7) is 3.53. The minimum Gasteiger partial charge on any atom is -0.462 e. The molecule has 0 saturated heterocycles. The Balaban J connectivity index is 4.02. The summed E-state index contributed by atoms with van der Waals surface area (Å²) in [5.74, 6) is -0.918. The van der Waals surface area contributed by atoms with Crippen LogP contribution in [0.2, 0.25) is 0 Å². The van der Waals surface area contributed by atoms with Gasteiger partial charge in [-0.2, -0.15) is 0 Å². The lowest BCUT2D eigenvalue weighted by Gasteiger charge is -2.18. The molecule has 2 N–H and O–H groups in total. The van der Waals surface area contributed by atoms with Gasteiger partial charge in [-0.25, -0.2) is 4.57 Å². The normalized spacial score (nSPS) is 12.9. The van der Waals surface area contributed by atoms with Crippen molar-refractivity contribution in [3.8, 4) is 0 Å². The zero-order valence-electron chi connectivity index (χ0n) is 28.5. The molecule has 0 rings (SSSR count). The Morgan fingerprint density at radius 2 is 1.07 bits per heavy atom. The van der Waals surface area contributed by atoms with Gasteiger partial charge in [0.1, 0.15) is 6.61 Å². The largest absolute Gasteiger partial charge is 0.469 e. The van der Waals surface area contributed by atoms with Gasteiger partial charge in [0.15, 0.2) is 6.10 Å². The van der Waals surface area contributed by atoms with Crippen molar-refractivity contribution in [1.82, 2.24) is 0 Å². The van der Waals surface area contributed by atoms with E-state index < -0.39 is 32.5 Å². The first-order valence-corrected chi connectivity index (χ1v) is 19.3. The fourth-order valence-electron chi connectivity index (χ4n) is 4.80. The Hall–Kier alpha value is -1.73. The number of phosphoric ester groups is 1. The van der Waals surface area contributed by atoms with Gasteiger partial charge in [0, 0.05) is 12.8 Å². The van der Waals surface area contributed by atoms with Crippen LogP contribution in [-0.4, -0.2) is 41.0 Å². The second-order valence-electron chi connectivity index (χ2n) is 11.8. The van der Waals surface area contributed by atoms with Crippen molar-refractivity contribution in [2.45, 2.75) is 168 Å². The number of allylic oxidation sites excluding steroid dienone is 6. The Bertz CT molecular complexity index is 833. The number of hydrogen-bond acceptors (Lipinski definition) is 6. The molecular formula is C36H65O8P. The topological polar surface area (TPSA) is 119 Å². The molecule has 0 aromatic rings. The third-order valence-corrected chi connectivity index (χ3v) is 7.91. The van der Waals surface area contributed by atoms with E-state index in [4.69, 9.17) is 19.3 Å². The smallest absolute Gasteiger partial charge is 0.462 e. The molecule has 0 aliphatic carbocycles. The minimum atomic E-state index is -4.75. The maximum atomic E-state index is 12.3. The van der Waals surface area contributed by atoms with Crippen LogP contribution in [0.4, 0.5) is 0 Å². The van der Waals surface area contributed by atoms with Crippen molar-refractivity contribution >= 4 is 19.8 Å². The average Bonchev–Trinajstić information content (AvgIpc) is 3.00. The van der Waals surface area contributed by atoms with Crippen LogP contribution in [0.3, 0.4) is 0 Å². The van der Waals surface area contributed by atoms with Crippen molar-refractivity contribution in [2.24, 2.45) is 0 Å². The summed E-state index contributed by atoms with van der Waals surface area (Å²) in [7, 11) is -4.75. The van der Waals surface area contributed by atoms with Gasteiger partial charge in [0.2, 0.25) is 0 Å². The standard InChI is InChI=1S/C36H65O8P/c1-3-5-7-9-11-13-15-17-19-20-22-24-26-28-30-35(37)42-32-34(33-43-45(39,40)41)44-36(38)31-29-27-25-23-21-18-16-14-12-10-8-6-4-2/h6,8,12,14,18,21,34H,3-5,7,9-11,13,15-17,19-20,22-33H2,1-2H3,(H2,39,40,41)/b8-6-,14-12-,21-18-. The number of carbonyl (C=O) groups is 2. The first-order valence-electron chi connectivity index (χ1n) is 17.8. The molecule has 0 radical (unpaired) electrons. The van der Waals surface area contributed by atoms with Gasteiger partial charge in [0.05, 0.1) is 6.61 Å². The van der Waals surface area contributed by atoms with Crippen molar-refractivity contribution in [3.63, 3.8) is 0 Å². The number of rotatable bonds is 32. The van der Waals surface area contributed by atoms with E-state index in [2.05, 4.69) is 54.8 Å². The third-order valence-electron chi connectivity index (χ3n) is 7.42. The predicted octanol–water partition coefficient (Wildman–Crippen LogP) is 10.2. The van der Waals surface area contributed by atoms with Crippen molar-refractivity contribution < 1.29 is 37.9 Å². The number of unbranched alkanes of at least 4 members (excludes halogenated alkanes) is 16. The highest BCUT2D eigenvalue weighted by Gasteiger charge is 2.22. The summed E-state index contributed by atoms with van der Waals surface area (Å²) in [6.07, 6.45) is 35.8. The van der Waals surface area contributed by atoms with Gasteiger partial charge in [-0.05, 0) is 44.9 Å². The van der Waals surface area contributed by atoms with Crippen LogP contribution in [0.15, 0.2) is 36.5 Å². The molecule has 0 spiro atoms. The lowest BCUT2D eigenvalue weighted by Crippen LogP contribution is -2.29. The Morgan fingerprint density at radius 3 is 1.60 bits per heavy atom. The second kappa shape index (κ2) is 32.2. The van der Waals surface area contributed by atoms with Gasteiger partial charge < -0.3 is 19.3 Å². The number of phosphoric acid groups is 1. The zero-order chi connectivity index (χ0) is 33.3. The van der Waals surface area contributed by atoms with Crippen molar-refractivity contribution in [3.05, 3.63) is 36.5 Å². The van der Waals surface area contributed by atoms with E-state index in [9.17, 15) is 14.2 Å². The maximum absolute atomic E-state index is 12.3. The molecule has 0 aliphatic rings. The van der Waals surface area contributed by atoms with Gasteiger partial charge in [-0.15, -0.1) is 0 Å². The molecule has 0 heterocycles. The fraction of sp³-hybridized carbons (Fsp3) is 0.778. The first-order chi connectivity index (χ1) is 21.8. The van der Waals surface area contributed by atoms with E-state index in [-0.39, 0.29) is 19.4 Å². The molecule has 1 atom stereocenters. The quantitative estimate of drug-likeness (QED) is 0.0318. The van der Waals surface area contributed by atoms with Crippen LogP contribution >= 0.6 is 7.82 Å². The number of carbonyl (C=O) groups excluding carboxylic acids is 2. The van der Waals surface area contributed by atoms with E-state index in [1.807, 2.05) is 0 Å². The molecular weight excluding hydrogens is 591 g/mol. The maximum Gasteiger partial charge on any atom is 0.469 e. The lowest BCUT2D eigenvalue weighted by atomic mass is 10.0. The summed E-state index contributed by atoms with van der Waals surface area (Å²) in [4.78, 5) is 42.6. The molecule has 0 aromatic heterocycles. The van der Waals surface area contributed by atoms with Crippen LogP contribution in [-0.2, 0) is 28.2 Å². The average molecular weight is 657 g/mol. The Labute approximate surface area is 274 Å². The summed E-state index contributed by atoms with van der Waals surface area (Å²) < 4.78 is 26.2. The number of ether oxygens (including phenoxy) is 2. The summed E-state index contributed by atoms with van der Waals surface area (Å²) >= 11 is 0. The zero-order valence-corrected chi connectivity index (χ0v) is 29.4. The highest BCUT2D eigenvalue weighted by molar-refractivity contribution is 7.46. The van der Waals surface area contributed by atoms with Crippen molar-refractivity contribution in [2.75, 3.05) is 13.2 Å². The molecule has 1 unspecified atom stereocenters. The van der Waals surface area contributed by atoms with E-state index in [0.29, 0.717) is 6.42 Å². The number of esters is 2. The van der Waals surface area contributed by atoms with Crippen LogP contribution in [0, 0.1) is 0 Å². The Kier molecular flexibility index (Phi) is 31.0. The predicted molar refractivity (Wildman–Crippen MR) is 184 cm³/mol. The van der Waals surface area contributed by atoms with Crippen LogP contribution in [0.25, 0.3) is 0 Å². The number of hydrogen-bond donors (Lipinski definition) is 2. The first kappa shape index (κ1) is 43.3. The summed E-state index contributed by atoms with van der Waals surface area (Å²) in [6, 6.07) is 0. The molecule has 0 aromatic carbocycles. The second-order valence-corrected chi connectivity index (χ2v) is 13.1. The SMILES string of the molecule is CC/C=C\C/C=C\C/C=C\CCCCCC(=O)OC(COC(=O)CCCCCCCCCCCCCCCC)COP(=O)(O)O. The Morgan fingerprint density at radius 1 is 0.600 bits per heavy atom. The molecule has 8 nitrogen and oxygen atoms in total. The van der Waals surface area contributed by atoms with Crippen LogP contribution < -0.4 is 0 Å². The molecule has 0 bridgehead atoms. The molecule has 262 valence electrons. The van der Waals surface area contributed by atoms with Crippen LogP contribution in [0.1, 0.15) is 162 Å². The molecule has 45 heavy (non-hydrogen) atoms. The fourth-order valence-corrected chi connectivity index (χ4v) is 5.16. The van der Waals surface area contributed by atoms with Gasteiger partial charge >= 0.3 is 19.8 Å². The minimum absolute atomic E-state index is 0.178. The monoisotopic (exact) mass is 656 g/mol. The molecule has 0 aliphatic heterocycles. The summed E-state index contributed by atoms with van der Waals surface area (Å²) in [5, 5.41) is 0.